The molecule has 1 unspecified atom stereocenters. The van der Waals surface area contributed by atoms with Gasteiger partial charge in [0, 0.05) is 31.3 Å². The quantitative estimate of drug-likeness (QED) is 0.131. The first-order valence-electron chi connectivity index (χ1n) is 14.3. The molecule has 0 spiro atoms. The van der Waals surface area contributed by atoms with Crippen molar-refractivity contribution in [3.8, 4) is 0 Å². The summed E-state index contributed by atoms with van der Waals surface area (Å²) in [5.74, 6) is -2.38. The molecule has 1 aliphatic carbocycles. The summed E-state index contributed by atoms with van der Waals surface area (Å²) in [7, 11) is 3.90. The van der Waals surface area contributed by atoms with E-state index < -0.39 is 30.1 Å². The van der Waals surface area contributed by atoms with Crippen LogP contribution in [0, 0.1) is 29.3 Å². The normalized spacial score (nSPS) is 18.1. The Kier molecular flexibility index (Phi) is 13.2. The van der Waals surface area contributed by atoms with Crippen molar-refractivity contribution in [2.45, 2.75) is 71.1 Å². The van der Waals surface area contributed by atoms with Crippen LogP contribution in [-0.2, 0) is 27.5 Å². The Bertz CT molecular complexity index is 1040. The highest BCUT2D eigenvalue weighted by atomic mass is 19.2. The summed E-state index contributed by atoms with van der Waals surface area (Å²) in [6.45, 7) is 3.61. The molecule has 1 saturated carbocycles. The van der Waals surface area contributed by atoms with E-state index in [2.05, 4.69) is 18.9 Å². The zero-order chi connectivity index (χ0) is 28.9. The topological polar surface area (TPSA) is 51.2 Å². The van der Waals surface area contributed by atoms with Crippen LogP contribution in [0.1, 0.15) is 63.0 Å². The van der Waals surface area contributed by atoms with Crippen LogP contribution < -0.4 is 0 Å². The molecule has 3 rings (SSSR count). The zero-order valence-corrected chi connectivity index (χ0v) is 23.9. The van der Waals surface area contributed by atoms with Gasteiger partial charge in [0.25, 0.3) is 0 Å². The minimum Gasteiger partial charge on any atom is -0.443 e. The predicted octanol–water partition coefficient (Wildman–Crippen LogP) is 7.12. The molecule has 0 aromatic heterocycles. The van der Waals surface area contributed by atoms with Gasteiger partial charge in [-0.1, -0.05) is 56.5 Å². The highest BCUT2D eigenvalue weighted by Crippen LogP contribution is 2.37. The van der Waals surface area contributed by atoms with Gasteiger partial charge in [-0.2, -0.15) is 5.06 Å². The van der Waals surface area contributed by atoms with Crippen LogP contribution in [0.5, 0.6) is 0 Å². The average Bonchev–Trinajstić information content (AvgIpc) is 2.97. The molecule has 1 fully saturated rings. The van der Waals surface area contributed by atoms with Gasteiger partial charge in [-0.05, 0) is 56.2 Å². The minimum atomic E-state index is -1.29. The highest BCUT2D eigenvalue weighted by Gasteiger charge is 2.33. The molecule has 0 heterocycles. The smallest absolute Gasteiger partial charge is 0.434 e. The number of benzene rings is 2. The van der Waals surface area contributed by atoms with Crippen LogP contribution in [0.25, 0.3) is 0 Å². The lowest BCUT2D eigenvalue weighted by atomic mass is 9.73. The molecule has 2 aromatic carbocycles. The third-order valence-corrected chi connectivity index (χ3v) is 7.90. The van der Waals surface area contributed by atoms with E-state index in [1.54, 1.807) is 7.11 Å². The van der Waals surface area contributed by atoms with Crippen molar-refractivity contribution in [2.75, 3.05) is 33.9 Å². The maximum Gasteiger partial charge on any atom is 0.434 e. The Balaban J connectivity index is 1.61. The van der Waals surface area contributed by atoms with Crippen LogP contribution in [-0.4, -0.2) is 56.0 Å². The van der Waals surface area contributed by atoms with Crippen LogP contribution in [0.2, 0.25) is 0 Å². The fourth-order valence-corrected chi connectivity index (χ4v) is 5.67. The number of halogens is 3. The fraction of sp³-hybridized carbons (Fsp3) is 0.581. The van der Waals surface area contributed by atoms with Gasteiger partial charge in [0.15, 0.2) is 11.6 Å². The second kappa shape index (κ2) is 16.6. The molecule has 0 N–H and O–H groups in total. The first kappa shape index (κ1) is 31.9. The first-order chi connectivity index (χ1) is 19.3. The van der Waals surface area contributed by atoms with E-state index in [-0.39, 0.29) is 18.8 Å². The SMILES string of the molecule is CCC(CCCON(Cc1cc(F)c(F)cc1F)C(=O)OCc1ccccc1)[C@@H]1CCCC[C@H]1N(C)CCOC. The lowest BCUT2D eigenvalue weighted by Crippen LogP contribution is -2.44. The van der Waals surface area contributed by atoms with E-state index in [0.717, 1.165) is 36.1 Å². The lowest BCUT2D eigenvalue weighted by molar-refractivity contribution is -0.146. The van der Waals surface area contributed by atoms with Gasteiger partial charge in [0.2, 0.25) is 0 Å². The second-order valence-corrected chi connectivity index (χ2v) is 10.6. The van der Waals surface area contributed by atoms with Crippen molar-refractivity contribution in [3.63, 3.8) is 0 Å². The molecule has 40 heavy (non-hydrogen) atoms. The Hall–Kier alpha value is -2.62. The van der Waals surface area contributed by atoms with Gasteiger partial charge < -0.3 is 14.4 Å². The van der Waals surface area contributed by atoms with Crippen molar-refractivity contribution >= 4 is 6.09 Å². The molecule has 0 saturated heterocycles. The molecule has 0 bridgehead atoms. The Labute approximate surface area is 236 Å². The summed E-state index contributed by atoms with van der Waals surface area (Å²) < 4.78 is 52.3. The lowest BCUT2D eigenvalue weighted by Gasteiger charge is -2.42. The number of hydrogen-bond donors (Lipinski definition) is 0. The average molecular weight is 565 g/mol. The molecule has 0 aliphatic heterocycles. The number of methoxy groups -OCH3 is 1. The van der Waals surface area contributed by atoms with E-state index in [0.29, 0.717) is 37.0 Å². The molecule has 6 nitrogen and oxygen atoms in total. The predicted molar refractivity (Wildman–Crippen MR) is 148 cm³/mol. The third-order valence-electron chi connectivity index (χ3n) is 7.90. The molecule has 222 valence electrons. The van der Waals surface area contributed by atoms with Crippen LogP contribution in [0.4, 0.5) is 18.0 Å². The summed E-state index contributed by atoms with van der Waals surface area (Å²) in [4.78, 5) is 21.1. The largest absolute Gasteiger partial charge is 0.443 e. The number of nitrogens with zero attached hydrogens (tertiary/aromatic N) is 2. The van der Waals surface area contributed by atoms with Gasteiger partial charge in [-0.15, -0.1) is 0 Å². The highest BCUT2D eigenvalue weighted by molar-refractivity contribution is 5.66. The van der Waals surface area contributed by atoms with Crippen LogP contribution in [0.3, 0.4) is 0 Å². The molecular weight excluding hydrogens is 521 g/mol. The Morgan fingerprint density at radius 2 is 1.75 bits per heavy atom. The Morgan fingerprint density at radius 1 is 1.02 bits per heavy atom. The number of carbonyl (C=O) groups excluding carboxylic acids is 1. The number of rotatable bonds is 15. The summed E-state index contributed by atoms with van der Waals surface area (Å²) in [6.07, 6.45) is 6.66. The van der Waals surface area contributed by atoms with E-state index >= 15 is 0 Å². The monoisotopic (exact) mass is 564 g/mol. The van der Waals surface area contributed by atoms with E-state index in [4.69, 9.17) is 14.3 Å². The Morgan fingerprint density at radius 3 is 2.48 bits per heavy atom. The van der Waals surface area contributed by atoms with Crippen molar-refractivity contribution in [2.24, 2.45) is 11.8 Å². The van der Waals surface area contributed by atoms with Crippen molar-refractivity contribution in [1.29, 1.82) is 0 Å². The summed E-state index contributed by atoms with van der Waals surface area (Å²) in [5.41, 5.74) is 0.573. The molecular formula is C31H43F3N2O4. The standard InChI is InChI=1S/C31H43F3N2O4/c1-4-24(26-14-8-9-15-30(26)35(2)16-18-38-3)13-10-17-40-36(21-25-19-28(33)29(34)20-27(25)32)31(37)39-22-23-11-6-5-7-12-23/h5-7,11-12,19-20,24,26,30H,4,8-10,13-18,21-22H2,1-3H3/t24?,26-,30+/m0/s1. The minimum absolute atomic E-state index is 0.00262. The number of amides is 1. The first-order valence-corrected chi connectivity index (χ1v) is 14.3. The zero-order valence-electron chi connectivity index (χ0n) is 23.9. The summed E-state index contributed by atoms with van der Waals surface area (Å²) >= 11 is 0. The van der Waals surface area contributed by atoms with E-state index in [1.807, 2.05) is 30.3 Å². The second-order valence-electron chi connectivity index (χ2n) is 10.6. The molecule has 3 atom stereocenters. The van der Waals surface area contributed by atoms with Crippen molar-refractivity contribution < 1.29 is 32.3 Å². The van der Waals surface area contributed by atoms with Crippen molar-refractivity contribution in [3.05, 3.63) is 71.0 Å². The number of ether oxygens (including phenoxy) is 2. The van der Waals surface area contributed by atoms with Gasteiger partial charge in [0.1, 0.15) is 12.4 Å². The van der Waals surface area contributed by atoms with Gasteiger partial charge >= 0.3 is 6.09 Å². The molecule has 2 aromatic rings. The van der Waals surface area contributed by atoms with Crippen LogP contribution >= 0.6 is 0 Å². The molecule has 0 radical (unpaired) electrons. The van der Waals surface area contributed by atoms with Gasteiger partial charge in [0.05, 0.1) is 19.8 Å². The maximum absolute atomic E-state index is 14.4. The number of likely N-dealkylation sites (N-methyl/N-ethyl adjacent to an activating group) is 1. The van der Waals surface area contributed by atoms with Gasteiger partial charge in [-0.3, -0.25) is 4.84 Å². The van der Waals surface area contributed by atoms with E-state index in [9.17, 15) is 18.0 Å². The third kappa shape index (κ3) is 9.49. The summed E-state index contributed by atoms with van der Waals surface area (Å²) in [6, 6.07) is 10.8. The number of hydroxylamine groups is 2. The maximum atomic E-state index is 14.4. The fourth-order valence-electron chi connectivity index (χ4n) is 5.67. The molecule has 1 amide bonds. The number of carbonyl (C=O) groups is 1. The van der Waals surface area contributed by atoms with Crippen molar-refractivity contribution in [1.82, 2.24) is 9.96 Å². The van der Waals surface area contributed by atoms with Gasteiger partial charge in [-0.25, -0.2) is 18.0 Å². The summed E-state index contributed by atoms with van der Waals surface area (Å²) in [5, 5.41) is 0.890. The molecule has 9 heteroatoms. The van der Waals surface area contributed by atoms with E-state index in [1.165, 1.54) is 25.7 Å². The number of hydrogen-bond acceptors (Lipinski definition) is 5. The van der Waals surface area contributed by atoms with Crippen LogP contribution in [0.15, 0.2) is 42.5 Å². The molecule has 1 aliphatic rings.